The third-order valence-electron chi connectivity index (χ3n) is 2.90. The highest BCUT2D eigenvalue weighted by Gasteiger charge is 2.22. The summed E-state index contributed by atoms with van der Waals surface area (Å²) in [5, 5.41) is 7.31. The van der Waals surface area contributed by atoms with E-state index in [9.17, 15) is 14.4 Å². The van der Waals surface area contributed by atoms with E-state index < -0.39 is 35.2 Å². The molecule has 160 valence electrons. The predicted octanol–water partition coefficient (Wildman–Crippen LogP) is 2.27. The molecule has 2 amide bonds. The van der Waals surface area contributed by atoms with Crippen LogP contribution in [0.25, 0.3) is 10.4 Å². The van der Waals surface area contributed by atoms with Gasteiger partial charge in [-0.15, -0.1) is 0 Å². The van der Waals surface area contributed by atoms with Crippen LogP contribution >= 0.6 is 0 Å². The molecule has 0 fully saturated rings. The number of hydrazine groups is 1. The first-order valence-corrected chi connectivity index (χ1v) is 8.94. The van der Waals surface area contributed by atoms with Crippen LogP contribution in [0.3, 0.4) is 0 Å². The number of hydrogen-bond donors (Lipinski definition) is 2. The zero-order chi connectivity index (χ0) is 22.0. The van der Waals surface area contributed by atoms with Gasteiger partial charge in [-0.05, 0) is 53.5 Å². The van der Waals surface area contributed by atoms with E-state index in [4.69, 9.17) is 15.0 Å². The van der Waals surface area contributed by atoms with E-state index in [-0.39, 0.29) is 25.9 Å². The zero-order valence-corrected chi connectivity index (χ0v) is 17.7. The van der Waals surface area contributed by atoms with E-state index in [0.29, 0.717) is 0 Å². The van der Waals surface area contributed by atoms with Crippen LogP contribution in [0.1, 0.15) is 54.4 Å². The van der Waals surface area contributed by atoms with E-state index in [1.54, 1.807) is 41.5 Å². The summed E-state index contributed by atoms with van der Waals surface area (Å²) in [6.07, 6.45) is -0.501. The molecule has 0 saturated heterocycles. The van der Waals surface area contributed by atoms with Gasteiger partial charge in [0, 0.05) is 31.0 Å². The number of amides is 2. The maximum absolute atomic E-state index is 12.2. The molecule has 0 aliphatic carbocycles. The van der Waals surface area contributed by atoms with Crippen molar-refractivity contribution >= 4 is 18.0 Å². The second-order valence-corrected chi connectivity index (χ2v) is 8.27. The van der Waals surface area contributed by atoms with Crippen molar-refractivity contribution in [3.63, 3.8) is 0 Å². The quantitative estimate of drug-likeness (QED) is 0.200. The van der Waals surface area contributed by atoms with Crippen LogP contribution < -0.4 is 10.7 Å². The number of ether oxygens (including phenoxy) is 2. The zero-order valence-electron chi connectivity index (χ0n) is 17.7. The fraction of sp³-hybridized carbons (Fsp3) is 0.824. The Kier molecular flexibility index (Phi) is 10.3. The van der Waals surface area contributed by atoms with E-state index >= 15 is 0 Å². The fourth-order valence-corrected chi connectivity index (χ4v) is 2.05. The van der Waals surface area contributed by atoms with Gasteiger partial charge in [-0.1, -0.05) is 5.11 Å². The molecule has 0 aliphatic rings. The molecule has 2 N–H and O–H groups in total. The molecular weight excluding hydrogens is 368 g/mol. The Morgan fingerprint density at radius 3 is 2.18 bits per heavy atom. The highest BCUT2D eigenvalue weighted by Crippen LogP contribution is 2.09. The molecule has 0 radical (unpaired) electrons. The maximum Gasteiger partial charge on any atom is 0.407 e. The first kappa shape index (κ1) is 25.5. The van der Waals surface area contributed by atoms with Gasteiger partial charge < -0.3 is 14.8 Å². The van der Waals surface area contributed by atoms with Gasteiger partial charge in [0.1, 0.15) is 17.7 Å². The van der Waals surface area contributed by atoms with Crippen molar-refractivity contribution in [1.82, 2.24) is 15.8 Å². The monoisotopic (exact) mass is 400 g/mol. The van der Waals surface area contributed by atoms with E-state index in [0.717, 1.165) is 0 Å². The number of alkyl carbamates (subject to hydrolysis) is 1. The normalized spacial score (nSPS) is 12.6. The lowest BCUT2D eigenvalue weighted by Crippen LogP contribution is -2.47. The maximum atomic E-state index is 12.2. The summed E-state index contributed by atoms with van der Waals surface area (Å²) in [4.78, 5) is 38.6. The molecular formula is C17H32N6O5. The van der Waals surface area contributed by atoms with Gasteiger partial charge in [-0.3, -0.25) is 15.0 Å². The molecule has 0 saturated carbocycles. The Morgan fingerprint density at radius 1 is 1.11 bits per heavy atom. The number of carbonyl (C=O) groups is 3. The fourth-order valence-electron chi connectivity index (χ4n) is 2.05. The number of nitrogens with zero attached hydrogens (tertiary/aromatic N) is 4. The van der Waals surface area contributed by atoms with Crippen molar-refractivity contribution in [3.05, 3.63) is 10.4 Å². The van der Waals surface area contributed by atoms with Crippen molar-refractivity contribution in [2.24, 2.45) is 5.11 Å². The number of likely N-dealkylation sites (N-methyl/N-ethyl adjacent to an activating group) is 1. The lowest BCUT2D eigenvalue weighted by molar-refractivity contribution is -0.156. The number of azide groups is 1. The molecule has 0 unspecified atom stereocenters. The second-order valence-electron chi connectivity index (χ2n) is 8.27. The minimum atomic E-state index is -0.685. The Bertz CT molecular complexity index is 590. The molecule has 11 nitrogen and oxygen atoms in total. The van der Waals surface area contributed by atoms with Gasteiger partial charge in [0.05, 0.1) is 0 Å². The Hall–Kier alpha value is -2.52. The summed E-state index contributed by atoms with van der Waals surface area (Å²) in [5.74, 6) is -0.907. The Morgan fingerprint density at radius 2 is 1.68 bits per heavy atom. The van der Waals surface area contributed by atoms with Crippen molar-refractivity contribution in [2.75, 3.05) is 20.1 Å². The van der Waals surface area contributed by atoms with E-state index in [1.807, 2.05) is 0 Å². The third-order valence-corrected chi connectivity index (χ3v) is 2.90. The van der Waals surface area contributed by atoms with Gasteiger partial charge in [-0.2, -0.15) is 0 Å². The predicted molar refractivity (Wildman–Crippen MR) is 103 cm³/mol. The molecule has 0 heterocycles. The third kappa shape index (κ3) is 14.6. The molecule has 0 aliphatic heterocycles. The smallest absolute Gasteiger partial charge is 0.407 e. The summed E-state index contributed by atoms with van der Waals surface area (Å²) >= 11 is 0. The van der Waals surface area contributed by atoms with Crippen molar-refractivity contribution in [3.8, 4) is 0 Å². The number of esters is 1. The van der Waals surface area contributed by atoms with Crippen molar-refractivity contribution in [1.29, 1.82) is 0 Å². The summed E-state index contributed by atoms with van der Waals surface area (Å²) in [5.41, 5.74) is 9.63. The van der Waals surface area contributed by atoms with Crippen LogP contribution in [-0.2, 0) is 19.1 Å². The Labute approximate surface area is 165 Å². The molecule has 0 spiro atoms. The van der Waals surface area contributed by atoms with Gasteiger partial charge in [0.2, 0.25) is 5.91 Å². The minimum absolute atomic E-state index is 0.0845. The SMILES string of the molecule is CN(CC(=O)OC(C)(C)C)NC(=O)C[C@H](CCN=[N+]=[N-])NC(=O)OC(C)(C)C. The summed E-state index contributed by atoms with van der Waals surface area (Å²) in [7, 11) is 1.53. The molecule has 0 aromatic heterocycles. The molecule has 1 atom stereocenters. The molecule has 0 aromatic carbocycles. The molecule has 11 heteroatoms. The van der Waals surface area contributed by atoms with Crippen LogP contribution in [-0.4, -0.2) is 60.4 Å². The molecule has 28 heavy (non-hydrogen) atoms. The summed E-state index contributed by atoms with van der Waals surface area (Å²) in [6, 6.07) is -0.602. The number of rotatable bonds is 9. The van der Waals surface area contributed by atoms with Gasteiger partial charge in [0.15, 0.2) is 0 Å². The molecule has 0 bridgehead atoms. The van der Waals surface area contributed by atoms with Crippen LogP contribution in [0, 0.1) is 0 Å². The summed E-state index contributed by atoms with van der Waals surface area (Å²) in [6.45, 7) is 10.4. The van der Waals surface area contributed by atoms with E-state index in [2.05, 4.69) is 20.8 Å². The molecule has 0 aromatic rings. The first-order valence-electron chi connectivity index (χ1n) is 8.94. The lowest BCUT2D eigenvalue weighted by atomic mass is 10.1. The topological polar surface area (TPSA) is 146 Å². The average molecular weight is 400 g/mol. The lowest BCUT2D eigenvalue weighted by Gasteiger charge is -2.25. The highest BCUT2D eigenvalue weighted by molar-refractivity contribution is 5.78. The van der Waals surface area contributed by atoms with Crippen LogP contribution in [0.2, 0.25) is 0 Å². The van der Waals surface area contributed by atoms with Gasteiger partial charge in [0.25, 0.3) is 0 Å². The van der Waals surface area contributed by atoms with Crippen molar-refractivity contribution in [2.45, 2.75) is 71.6 Å². The number of carbonyl (C=O) groups excluding carboxylic acids is 3. The van der Waals surface area contributed by atoms with E-state index in [1.165, 1.54) is 12.1 Å². The van der Waals surface area contributed by atoms with Gasteiger partial charge >= 0.3 is 12.1 Å². The van der Waals surface area contributed by atoms with Crippen LogP contribution in [0.4, 0.5) is 4.79 Å². The minimum Gasteiger partial charge on any atom is -0.459 e. The van der Waals surface area contributed by atoms with Crippen molar-refractivity contribution < 1.29 is 23.9 Å². The number of nitrogens with one attached hydrogen (secondary N) is 2. The van der Waals surface area contributed by atoms with Crippen LogP contribution in [0.5, 0.6) is 0 Å². The van der Waals surface area contributed by atoms with Crippen LogP contribution in [0.15, 0.2) is 5.11 Å². The van der Waals surface area contributed by atoms with Gasteiger partial charge in [-0.25, -0.2) is 9.80 Å². The second kappa shape index (κ2) is 11.4. The Balaban J connectivity index is 4.69. The molecule has 0 rings (SSSR count). The number of hydrogen-bond acceptors (Lipinski definition) is 7. The first-order chi connectivity index (χ1) is 12.7. The standard InChI is InChI=1S/C17H32N6O5/c1-16(2,3)27-14(25)11-23(7)21-13(24)10-12(8-9-19-22-18)20-15(26)28-17(4,5)6/h12H,8-11H2,1-7H3,(H,20,26)(H,21,24)/t12-/m0/s1. The average Bonchev–Trinajstić information content (AvgIpc) is 2.42. The highest BCUT2D eigenvalue weighted by atomic mass is 16.6. The largest absolute Gasteiger partial charge is 0.459 e. The summed E-state index contributed by atoms with van der Waals surface area (Å²) < 4.78 is 10.4.